The number of alkyl halides is 2. The third-order valence-corrected chi connectivity index (χ3v) is 5.64. The summed E-state index contributed by atoms with van der Waals surface area (Å²) in [5, 5.41) is 2.79. The zero-order valence-electron chi connectivity index (χ0n) is 12.1. The molecule has 21 heavy (non-hydrogen) atoms. The van der Waals surface area contributed by atoms with Gasteiger partial charge in [0.1, 0.15) is 0 Å². The first-order valence-corrected chi connectivity index (χ1v) is 9.13. The maximum absolute atomic E-state index is 13.0. The predicted octanol–water partition coefficient (Wildman–Crippen LogP) is 1.21. The van der Waals surface area contributed by atoms with Gasteiger partial charge in [-0.2, -0.15) is 0 Å². The first-order valence-electron chi connectivity index (χ1n) is 7.28. The van der Waals surface area contributed by atoms with Gasteiger partial charge in [0, 0.05) is 38.4 Å². The van der Waals surface area contributed by atoms with Gasteiger partial charge >= 0.3 is 0 Å². The summed E-state index contributed by atoms with van der Waals surface area (Å²) < 4.78 is 50.3. The predicted molar refractivity (Wildman–Crippen MR) is 74.4 cm³/mol. The number of carbonyl (C=O) groups excluding carboxylic acids is 1. The fourth-order valence-electron chi connectivity index (χ4n) is 2.96. The standard InChI is InChI=1S/C13H22F2N2O3S/c1-21(19,20)17-7-4-10(9-17)8-16-12(18)11-2-5-13(14,15)6-3-11/h10-11H,2-9H2,1H3,(H,16,18). The Morgan fingerprint density at radius 2 is 1.90 bits per heavy atom. The average Bonchev–Trinajstić information content (AvgIpc) is 2.84. The summed E-state index contributed by atoms with van der Waals surface area (Å²) in [5.74, 6) is -3.04. The zero-order chi connectivity index (χ0) is 15.7. The second kappa shape index (κ2) is 6.16. The number of hydrogen-bond acceptors (Lipinski definition) is 3. The smallest absolute Gasteiger partial charge is 0.248 e. The Morgan fingerprint density at radius 3 is 2.43 bits per heavy atom. The molecule has 0 aromatic carbocycles. The molecule has 1 saturated heterocycles. The molecule has 1 atom stereocenters. The summed E-state index contributed by atoms with van der Waals surface area (Å²) in [6, 6.07) is 0. The van der Waals surface area contributed by atoms with Crippen LogP contribution in [-0.2, 0) is 14.8 Å². The number of amides is 1. The number of sulfonamides is 1. The van der Waals surface area contributed by atoms with Crippen molar-refractivity contribution in [3.63, 3.8) is 0 Å². The van der Waals surface area contributed by atoms with Crippen LogP contribution in [0.3, 0.4) is 0 Å². The molecule has 1 aliphatic carbocycles. The van der Waals surface area contributed by atoms with E-state index in [0.29, 0.717) is 19.6 Å². The van der Waals surface area contributed by atoms with E-state index in [2.05, 4.69) is 5.32 Å². The van der Waals surface area contributed by atoms with Crippen LogP contribution in [0.2, 0.25) is 0 Å². The molecule has 2 rings (SSSR count). The molecule has 1 amide bonds. The summed E-state index contributed by atoms with van der Waals surface area (Å²) in [5.41, 5.74) is 0. The lowest BCUT2D eigenvalue weighted by Crippen LogP contribution is -2.38. The number of hydrogen-bond donors (Lipinski definition) is 1. The molecule has 0 radical (unpaired) electrons. The van der Waals surface area contributed by atoms with Crippen molar-refractivity contribution in [1.29, 1.82) is 0 Å². The molecule has 1 unspecified atom stereocenters. The van der Waals surface area contributed by atoms with Gasteiger partial charge in [0.15, 0.2) is 0 Å². The Bertz CT molecular complexity index is 486. The monoisotopic (exact) mass is 324 g/mol. The first-order chi connectivity index (χ1) is 9.67. The lowest BCUT2D eigenvalue weighted by Gasteiger charge is -2.27. The third kappa shape index (κ3) is 4.60. The fraction of sp³-hybridized carbons (Fsp3) is 0.923. The topological polar surface area (TPSA) is 66.5 Å². The van der Waals surface area contributed by atoms with Crippen molar-refractivity contribution in [1.82, 2.24) is 9.62 Å². The van der Waals surface area contributed by atoms with Gasteiger partial charge in [-0.15, -0.1) is 0 Å². The van der Waals surface area contributed by atoms with Crippen LogP contribution in [0.15, 0.2) is 0 Å². The minimum absolute atomic E-state index is 0.105. The second-order valence-electron chi connectivity index (χ2n) is 6.15. The molecular weight excluding hydrogens is 302 g/mol. The van der Waals surface area contributed by atoms with Gasteiger partial charge in [-0.05, 0) is 25.2 Å². The second-order valence-corrected chi connectivity index (χ2v) is 8.13. The zero-order valence-corrected chi connectivity index (χ0v) is 13.0. The number of nitrogens with one attached hydrogen (secondary N) is 1. The Kier molecular flexibility index (Phi) is 4.87. The first kappa shape index (κ1) is 16.6. The molecule has 1 saturated carbocycles. The van der Waals surface area contributed by atoms with E-state index in [1.54, 1.807) is 0 Å². The Hall–Kier alpha value is -0.760. The number of halogens is 2. The summed E-state index contributed by atoms with van der Waals surface area (Å²) in [6.07, 6.45) is 1.89. The van der Waals surface area contributed by atoms with Crippen LogP contribution in [0, 0.1) is 11.8 Å². The summed E-state index contributed by atoms with van der Waals surface area (Å²) >= 11 is 0. The summed E-state index contributed by atoms with van der Waals surface area (Å²) in [6.45, 7) is 1.31. The molecule has 2 aliphatic rings. The van der Waals surface area contributed by atoms with Crippen LogP contribution in [0.4, 0.5) is 8.78 Å². The van der Waals surface area contributed by atoms with Crippen LogP contribution in [0.25, 0.3) is 0 Å². The van der Waals surface area contributed by atoms with Crippen LogP contribution in [0.1, 0.15) is 32.1 Å². The quantitative estimate of drug-likeness (QED) is 0.845. The molecule has 0 aromatic rings. The molecule has 5 nitrogen and oxygen atoms in total. The van der Waals surface area contributed by atoms with Gasteiger partial charge in [0.25, 0.3) is 0 Å². The molecule has 0 aromatic heterocycles. The van der Waals surface area contributed by atoms with E-state index >= 15 is 0 Å². The Balaban J connectivity index is 1.73. The van der Waals surface area contributed by atoms with Gasteiger partial charge in [-0.1, -0.05) is 0 Å². The lowest BCUT2D eigenvalue weighted by molar-refractivity contribution is -0.129. The number of rotatable bonds is 4. The lowest BCUT2D eigenvalue weighted by atomic mass is 9.86. The summed E-state index contributed by atoms with van der Waals surface area (Å²) in [7, 11) is -3.17. The maximum Gasteiger partial charge on any atom is 0.248 e. The van der Waals surface area contributed by atoms with Gasteiger partial charge in [-0.3, -0.25) is 4.79 Å². The Labute approximate surface area is 124 Å². The molecule has 122 valence electrons. The van der Waals surface area contributed by atoms with E-state index in [0.717, 1.165) is 6.42 Å². The van der Waals surface area contributed by atoms with Crippen LogP contribution >= 0.6 is 0 Å². The molecule has 0 bridgehead atoms. The molecule has 1 aliphatic heterocycles. The minimum Gasteiger partial charge on any atom is -0.356 e. The van der Waals surface area contributed by atoms with Gasteiger partial charge < -0.3 is 5.32 Å². The third-order valence-electron chi connectivity index (χ3n) is 4.37. The molecule has 1 N–H and O–H groups in total. The molecule has 0 spiro atoms. The van der Waals surface area contributed by atoms with Gasteiger partial charge in [-0.25, -0.2) is 21.5 Å². The van der Waals surface area contributed by atoms with Crippen LogP contribution < -0.4 is 5.32 Å². The normalized spacial score (nSPS) is 27.7. The highest BCUT2D eigenvalue weighted by Gasteiger charge is 2.37. The summed E-state index contributed by atoms with van der Waals surface area (Å²) in [4.78, 5) is 12.0. The van der Waals surface area contributed by atoms with Crippen molar-refractivity contribution in [2.24, 2.45) is 11.8 Å². The van der Waals surface area contributed by atoms with Crippen molar-refractivity contribution in [2.45, 2.75) is 38.0 Å². The number of nitrogens with zero attached hydrogens (tertiary/aromatic N) is 1. The highest BCUT2D eigenvalue weighted by molar-refractivity contribution is 7.88. The van der Waals surface area contributed by atoms with E-state index < -0.39 is 15.9 Å². The molecule has 8 heteroatoms. The largest absolute Gasteiger partial charge is 0.356 e. The highest BCUT2D eigenvalue weighted by atomic mass is 32.2. The fourth-order valence-corrected chi connectivity index (χ4v) is 3.88. The van der Waals surface area contributed by atoms with Crippen LogP contribution in [-0.4, -0.2) is 50.4 Å². The molecule has 1 heterocycles. The SMILES string of the molecule is CS(=O)(=O)N1CCC(CNC(=O)C2CCC(F)(F)CC2)C1. The average molecular weight is 324 g/mol. The molecular formula is C13H22F2N2O3S. The van der Waals surface area contributed by atoms with Gasteiger partial charge in [0.05, 0.1) is 6.26 Å². The van der Waals surface area contributed by atoms with E-state index in [4.69, 9.17) is 0 Å². The minimum atomic E-state index is -3.17. The van der Waals surface area contributed by atoms with Crippen molar-refractivity contribution in [2.75, 3.05) is 25.9 Å². The maximum atomic E-state index is 13.0. The number of carbonyl (C=O) groups is 1. The van der Waals surface area contributed by atoms with Crippen molar-refractivity contribution in [3.8, 4) is 0 Å². The van der Waals surface area contributed by atoms with Crippen LogP contribution in [0.5, 0.6) is 0 Å². The van der Waals surface area contributed by atoms with E-state index in [1.807, 2.05) is 0 Å². The molecule has 2 fully saturated rings. The van der Waals surface area contributed by atoms with E-state index in [1.165, 1.54) is 10.6 Å². The van der Waals surface area contributed by atoms with Crippen molar-refractivity contribution < 1.29 is 22.0 Å². The van der Waals surface area contributed by atoms with Crippen molar-refractivity contribution >= 4 is 15.9 Å². The van der Waals surface area contributed by atoms with E-state index in [-0.39, 0.29) is 43.4 Å². The van der Waals surface area contributed by atoms with Gasteiger partial charge in [0.2, 0.25) is 21.9 Å². The highest BCUT2D eigenvalue weighted by Crippen LogP contribution is 2.36. The van der Waals surface area contributed by atoms with E-state index in [9.17, 15) is 22.0 Å². The van der Waals surface area contributed by atoms with Crippen molar-refractivity contribution in [3.05, 3.63) is 0 Å². The Morgan fingerprint density at radius 1 is 1.29 bits per heavy atom.